The third kappa shape index (κ3) is 8.75. The molecule has 1 heterocycles. The maximum Gasteiger partial charge on any atom is 0.379 e. The molecule has 0 atom stereocenters. The Morgan fingerprint density at radius 2 is 1.61 bits per heavy atom. The molecule has 0 spiro atoms. The van der Waals surface area contributed by atoms with Gasteiger partial charge in [0.1, 0.15) is 0 Å². The van der Waals surface area contributed by atoms with Crippen molar-refractivity contribution in [2.75, 3.05) is 26.4 Å². The van der Waals surface area contributed by atoms with Gasteiger partial charge in [-0.2, -0.15) is 13.2 Å². The molecule has 0 amide bonds. The van der Waals surface area contributed by atoms with Gasteiger partial charge in [-0.1, -0.05) is 13.3 Å². The van der Waals surface area contributed by atoms with E-state index >= 15 is 0 Å². The fourth-order valence-corrected chi connectivity index (χ4v) is 2.22. The van der Waals surface area contributed by atoms with Crippen molar-refractivity contribution < 1.29 is 22.4 Å². The number of ether oxygens (including phenoxy) is 1. The second kappa shape index (κ2) is 9.62. The molecule has 0 bridgehead atoms. The van der Waals surface area contributed by atoms with Crippen LogP contribution < -0.4 is 0 Å². The lowest BCUT2D eigenvalue weighted by atomic mass is 10.3. The van der Waals surface area contributed by atoms with E-state index in [9.17, 15) is 13.2 Å². The quantitative estimate of drug-likeness (QED) is 0.664. The molecule has 2 nitrogen and oxygen atoms in total. The lowest BCUT2D eigenvalue weighted by Crippen LogP contribution is -2.48. The zero-order valence-corrected chi connectivity index (χ0v) is 11.8. The number of quaternary nitrogens is 1. The van der Waals surface area contributed by atoms with E-state index in [-0.39, 0.29) is 0 Å². The zero-order chi connectivity index (χ0) is 14.0. The minimum Gasteiger partial charge on any atom is -0.329 e. The molecule has 0 aromatic carbocycles. The second-order valence-electron chi connectivity index (χ2n) is 5.17. The molecule has 0 unspecified atom stereocenters. The maximum atomic E-state index is 9.67. The van der Waals surface area contributed by atoms with Crippen LogP contribution in [0.3, 0.4) is 0 Å². The van der Waals surface area contributed by atoms with Gasteiger partial charge in [0.2, 0.25) is 0 Å². The minimum absolute atomic E-state index is 0.382. The van der Waals surface area contributed by atoms with Gasteiger partial charge in [-0.25, -0.2) is 0 Å². The number of unbranched alkanes of at least 4 members (excludes halogenated alkanes) is 1. The average molecular weight is 270 g/mol. The monoisotopic (exact) mass is 270 g/mol. The summed E-state index contributed by atoms with van der Waals surface area (Å²) in [5.41, 5.74) is 0. The Kier molecular flexibility index (Phi) is 9.46. The van der Waals surface area contributed by atoms with Crippen molar-refractivity contribution in [3.8, 4) is 0 Å². The van der Waals surface area contributed by atoms with Crippen molar-refractivity contribution in [1.82, 2.24) is 0 Å². The summed E-state index contributed by atoms with van der Waals surface area (Å²) >= 11 is 0. The van der Waals surface area contributed by atoms with E-state index < -0.39 is 6.68 Å². The molecule has 1 fully saturated rings. The van der Waals surface area contributed by atoms with Crippen LogP contribution in [0.1, 0.15) is 46.5 Å². The van der Waals surface area contributed by atoms with Gasteiger partial charge in [0.05, 0.1) is 25.7 Å². The van der Waals surface area contributed by atoms with Gasteiger partial charge in [-0.3, -0.25) is 0 Å². The molecule has 0 saturated carbocycles. The predicted molar refractivity (Wildman–Crippen MR) is 67.2 cm³/mol. The molecule has 0 aromatic heterocycles. The Morgan fingerprint density at radius 1 is 1.11 bits per heavy atom. The van der Waals surface area contributed by atoms with Crippen molar-refractivity contribution in [3.63, 3.8) is 0 Å². The molecular weight excluding hydrogens is 243 g/mol. The predicted octanol–water partition coefficient (Wildman–Crippen LogP) is 3.96. The molecule has 1 rings (SSSR count). The Bertz CT molecular complexity index is 192. The Morgan fingerprint density at radius 3 is 2.00 bits per heavy atom. The molecular formula is C13H27F3NO+. The van der Waals surface area contributed by atoms with Crippen LogP contribution in [0.15, 0.2) is 0 Å². The van der Waals surface area contributed by atoms with Crippen molar-refractivity contribution in [3.05, 3.63) is 0 Å². The van der Waals surface area contributed by atoms with Crippen LogP contribution in [0.5, 0.6) is 0 Å². The van der Waals surface area contributed by atoms with Crippen LogP contribution in [0.4, 0.5) is 13.2 Å². The largest absolute Gasteiger partial charge is 0.379 e. The van der Waals surface area contributed by atoms with Gasteiger partial charge in [0.25, 0.3) is 0 Å². The molecule has 0 aromatic rings. The van der Waals surface area contributed by atoms with Crippen LogP contribution in [0.25, 0.3) is 0 Å². The van der Waals surface area contributed by atoms with Gasteiger partial charge in [0, 0.05) is 12.8 Å². The van der Waals surface area contributed by atoms with Crippen molar-refractivity contribution in [1.29, 1.82) is 0 Å². The van der Waals surface area contributed by atoms with Gasteiger partial charge < -0.3 is 9.22 Å². The standard InChI is InChI=1S/C12H26NO.CHF3/c1-4-5-8-13(9-6-7-10-13)11-14-12(2)3;2-1(3)4/h12H,4-11H2,1-3H3;1H/q+1;. The highest BCUT2D eigenvalue weighted by atomic mass is 19.4. The summed E-state index contributed by atoms with van der Waals surface area (Å²) in [7, 11) is 0. The fraction of sp³-hybridized carbons (Fsp3) is 1.00. The first-order valence-corrected chi connectivity index (χ1v) is 6.81. The number of likely N-dealkylation sites (tertiary alicyclic amines) is 1. The van der Waals surface area contributed by atoms with Crippen LogP contribution >= 0.6 is 0 Å². The van der Waals surface area contributed by atoms with Crippen molar-refractivity contribution in [2.24, 2.45) is 0 Å². The van der Waals surface area contributed by atoms with E-state index in [2.05, 4.69) is 20.8 Å². The third-order valence-corrected chi connectivity index (χ3v) is 3.18. The number of nitrogens with zero attached hydrogens (tertiary/aromatic N) is 1. The Labute approximate surface area is 109 Å². The molecule has 1 aliphatic rings. The molecule has 0 aliphatic carbocycles. The van der Waals surface area contributed by atoms with Gasteiger partial charge in [-0.15, -0.1) is 0 Å². The molecule has 110 valence electrons. The van der Waals surface area contributed by atoms with Crippen LogP contribution in [0, 0.1) is 0 Å². The van der Waals surface area contributed by atoms with Crippen LogP contribution in [-0.4, -0.2) is 43.6 Å². The lowest BCUT2D eigenvalue weighted by molar-refractivity contribution is -0.935. The fourth-order valence-electron chi connectivity index (χ4n) is 2.22. The number of alkyl halides is 3. The maximum absolute atomic E-state index is 9.67. The Balaban J connectivity index is 0.000000631. The summed E-state index contributed by atoms with van der Waals surface area (Å²) in [5.74, 6) is 0. The lowest BCUT2D eigenvalue weighted by Gasteiger charge is -2.34. The first-order chi connectivity index (χ1) is 8.42. The summed E-state index contributed by atoms with van der Waals surface area (Å²) in [6, 6.07) is 0. The molecule has 18 heavy (non-hydrogen) atoms. The summed E-state index contributed by atoms with van der Waals surface area (Å²) < 4.78 is 36.0. The molecule has 5 heteroatoms. The molecule has 0 N–H and O–H groups in total. The molecule has 0 radical (unpaired) electrons. The average Bonchev–Trinajstić information content (AvgIpc) is 2.72. The normalized spacial score (nSPS) is 18.0. The first-order valence-electron chi connectivity index (χ1n) is 6.81. The van der Waals surface area contributed by atoms with Gasteiger partial charge >= 0.3 is 6.68 Å². The van der Waals surface area contributed by atoms with E-state index in [0.29, 0.717) is 6.10 Å². The van der Waals surface area contributed by atoms with Crippen LogP contribution in [-0.2, 0) is 4.74 Å². The summed E-state index contributed by atoms with van der Waals surface area (Å²) in [4.78, 5) is 0. The summed E-state index contributed by atoms with van der Waals surface area (Å²) in [6.45, 7) is 7.81. The highest BCUT2D eigenvalue weighted by Crippen LogP contribution is 2.20. The van der Waals surface area contributed by atoms with E-state index in [0.717, 1.165) is 6.73 Å². The number of rotatable bonds is 6. The van der Waals surface area contributed by atoms with E-state index in [1.54, 1.807) is 0 Å². The molecule has 1 saturated heterocycles. The highest BCUT2D eigenvalue weighted by molar-refractivity contribution is 4.53. The molecule has 1 aliphatic heterocycles. The minimum atomic E-state index is -3.67. The SMILES string of the molecule is CCCC[N+]1(COC(C)C)CCCC1.FC(F)F. The topological polar surface area (TPSA) is 9.23 Å². The highest BCUT2D eigenvalue weighted by Gasteiger charge is 2.31. The van der Waals surface area contributed by atoms with E-state index in [1.165, 1.54) is 49.8 Å². The Hall–Kier alpha value is -0.290. The summed E-state index contributed by atoms with van der Waals surface area (Å²) in [5, 5.41) is 0. The number of halogens is 3. The number of hydrogen-bond donors (Lipinski definition) is 0. The first kappa shape index (κ1) is 17.7. The smallest absolute Gasteiger partial charge is 0.329 e. The summed E-state index contributed by atoms with van der Waals surface area (Å²) in [6.07, 6.45) is 5.83. The van der Waals surface area contributed by atoms with Crippen molar-refractivity contribution >= 4 is 0 Å². The van der Waals surface area contributed by atoms with Crippen LogP contribution in [0.2, 0.25) is 0 Å². The van der Waals surface area contributed by atoms with E-state index in [1.807, 2.05) is 0 Å². The van der Waals surface area contributed by atoms with Crippen molar-refractivity contribution in [2.45, 2.75) is 59.2 Å². The third-order valence-electron chi connectivity index (χ3n) is 3.18. The van der Waals surface area contributed by atoms with E-state index in [4.69, 9.17) is 4.74 Å². The number of hydrogen-bond acceptors (Lipinski definition) is 1. The zero-order valence-electron chi connectivity index (χ0n) is 11.8. The van der Waals surface area contributed by atoms with Gasteiger partial charge in [-0.05, 0) is 20.3 Å². The van der Waals surface area contributed by atoms with Gasteiger partial charge in [0.15, 0.2) is 6.73 Å². The second-order valence-corrected chi connectivity index (χ2v) is 5.17.